The number of imidazole rings is 1. The maximum absolute atomic E-state index is 13.9. The molecule has 4 aromatic rings. The molecule has 0 spiro atoms. The first-order chi connectivity index (χ1) is 22.0. The minimum Gasteiger partial charge on any atom is -0.508 e. The number of rotatable bonds is 12. The van der Waals surface area contributed by atoms with Gasteiger partial charge in [0, 0.05) is 43.3 Å². The van der Waals surface area contributed by atoms with Crippen LogP contribution in [0.4, 0.5) is 18.9 Å². The van der Waals surface area contributed by atoms with Gasteiger partial charge in [0.25, 0.3) is 0 Å². The van der Waals surface area contributed by atoms with Gasteiger partial charge in [0.2, 0.25) is 5.91 Å². The monoisotopic (exact) mass is 648 g/mol. The number of benzene rings is 3. The molecule has 4 rings (SSSR count). The maximum atomic E-state index is 13.9. The van der Waals surface area contributed by atoms with Crippen LogP contribution >= 0.6 is 12.2 Å². The number of phenolic OH excluding ortho intramolecular Hbond substituents is 1. The standard InChI is InChI=1S/C34H35F3N6O2S/c1-3-23(2)31(41-32(45)16-28-18-39-22-43(28)19-25-10-8-24(17-38)9-11-25)21-42(33(46)40-27-12-14-29(44)15-13-27)20-26-6-4-5-7-30(26)34(35,36)37/h4-15,18,22-23,31,44H,3,16,19-21H2,1-2H3,(H,40,46)(H,41,45)/t23-,31+/m0/s1. The van der Waals surface area contributed by atoms with Crippen LogP contribution in [0.25, 0.3) is 0 Å². The van der Waals surface area contributed by atoms with Crippen LogP contribution in [0.5, 0.6) is 5.75 Å². The fraction of sp³-hybridized carbons (Fsp3) is 0.294. The second kappa shape index (κ2) is 15.4. The van der Waals surface area contributed by atoms with E-state index in [0.717, 1.165) is 11.6 Å². The lowest BCUT2D eigenvalue weighted by Gasteiger charge is -2.34. The predicted octanol–water partition coefficient (Wildman–Crippen LogP) is 6.50. The number of amides is 1. The fourth-order valence-corrected chi connectivity index (χ4v) is 5.20. The summed E-state index contributed by atoms with van der Waals surface area (Å²) in [5.41, 5.74) is 2.03. The molecular formula is C34H35F3N6O2S. The third kappa shape index (κ3) is 9.31. The van der Waals surface area contributed by atoms with Gasteiger partial charge < -0.3 is 25.2 Å². The molecule has 2 atom stereocenters. The molecule has 8 nitrogen and oxygen atoms in total. The quantitative estimate of drug-likeness (QED) is 0.119. The molecule has 0 radical (unpaired) electrons. The molecule has 46 heavy (non-hydrogen) atoms. The van der Waals surface area contributed by atoms with Gasteiger partial charge in [-0.05, 0) is 71.7 Å². The molecule has 0 unspecified atom stereocenters. The van der Waals surface area contributed by atoms with Crippen molar-refractivity contribution in [1.82, 2.24) is 19.8 Å². The highest BCUT2D eigenvalue weighted by molar-refractivity contribution is 7.80. The summed E-state index contributed by atoms with van der Waals surface area (Å²) in [6, 6.07) is 20.3. The smallest absolute Gasteiger partial charge is 0.416 e. The molecule has 0 aliphatic carbocycles. The lowest BCUT2D eigenvalue weighted by Crippen LogP contribution is -2.50. The van der Waals surface area contributed by atoms with Crippen molar-refractivity contribution in [3.63, 3.8) is 0 Å². The molecular weight excluding hydrogens is 613 g/mol. The Bertz CT molecular complexity index is 1670. The van der Waals surface area contributed by atoms with E-state index in [4.69, 9.17) is 17.5 Å². The van der Waals surface area contributed by atoms with Crippen molar-refractivity contribution in [2.45, 2.75) is 52.0 Å². The van der Waals surface area contributed by atoms with Crippen molar-refractivity contribution in [3.05, 3.63) is 113 Å². The summed E-state index contributed by atoms with van der Waals surface area (Å²) in [4.78, 5) is 19.3. The van der Waals surface area contributed by atoms with Gasteiger partial charge in [-0.1, -0.05) is 50.6 Å². The zero-order chi connectivity index (χ0) is 33.3. The van der Waals surface area contributed by atoms with E-state index in [1.54, 1.807) is 47.8 Å². The summed E-state index contributed by atoms with van der Waals surface area (Å²) in [6.45, 7) is 4.40. The zero-order valence-corrected chi connectivity index (χ0v) is 26.3. The van der Waals surface area contributed by atoms with E-state index >= 15 is 0 Å². The Morgan fingerprint density at radius 3 is 2.46 bits per heavy atom. The molecule has 0 aliphatic rings. The lowest BCUT2D eigenvalue weighted by molar-refractivity contribution is -0.138. The SMILES string of the molecule is CC[C@H](C)[C@@H](CN(Cc1ccccc1C(F)(F)F)C(=S)Nc1ccc(O)cc1)NC(=O)Cc1cncn1Cc1ccc(C#N)cc1. The first-order valence-electron chi connectivity index (χ1n) is 14.7. The zero-order valence-electron chi connectivity index (χ0n) is 25.5. The van der Waals surface area contributed by atoms with E-state index in [1.165, 1.54) is 24.3 Å². The van der Waals surface area contributed by atoms with Crippen LogP contribution in [0, 0.1) is 17.2 Å². The number of aromatic nitrogens is 2. The van der Waals surface area contributed by atoms with Gasteiger partial charge in [-0.3, -0.25) is 4.79 Å². The van der Waals surface area contributed by atoms with Crippen LogP contribution in [-0.4, -0.2) is 43.2 Å². The molecule has 0 saturated carbocycles. The Labute approximate surface area is 271 Å². The van der Waals surface area contributed by atoms with Crippen LogP contribution in [-0.2, 0) is 30.5 Å². The molecule has 0 aliphatic heterocycles. The molecule has 0 bridgehead atoms. The van der Waals surface area contributed by atoms with Gasteiger partial charge in [-0.15, -0.1) is 0 Å². The van der Waals surface area contributed by atoms with Crippen LogP contribution in [0.1, 0.15) is 48.2 Å². The van der Waals surface area contributed by atoms with Crippen molar-refractivity contribution >= 4 is 28.9 Å². The Morgan fingerprint density at radius 1 is 1.11 bits per heavy atom. The minimum absolute atomic E-state index is 0.0376. The van der Waals surface area contributed by atoms with E-state index in [0.29, 0.717) is 29.9 Å². The number of aromatic hydroxyl groups is 1. The number of carbonyl (C=O) groups excluding carboxylic acids is 1. The van der Waals surface area contributed by atoms with Gasteiger partial charge in [-0.25, -0.2) is 4.98 Å². The number of nitriles is 1. The number of hydrogen-bond acceptors (Lipinski definition) is 5. The van der Waals surface area contributed by atoms with E-state index < -0.39 is 17.8 Å². The number of halogens is 3. The second-order valence-corrected chi connectivity index (χ2v) is 11.5. The average Bonchev–Trinajstić information content (AvgIpc) is 3.46. The van der Waals surface area contributed by atoms with Crippen molar-refractivity contribution in [1.29, 1.82) is 5.26 Å². The van der Waals surface area contributed by atoms with E-state index in [9.17, 15) is 23.1 Å². The molecule has 3 N–H and O–H groups in total. The molecule has 3 aromatic carbocycles. The van der Waals surface area contributed by atoms with Crippen molar-refractivity contribution in [2.75, 3.05) is 11.9 Å². The molecule has 1 amide bonds. The van der Waals surface area contributed by atoms with Crippen LogP contribution in [0.15, 0.2) is 85.3 Å². The third-order valence-corrected chi connectivity index (χ3v) is 8.12. The van der Waals surface area contributed by atoms with Crippen LogP contribution < -0.4 is 10.6 Å². The Balaban J connectivity index is 1.54. The highest BCUT2D eigenvalue weighted by Crippen LogP contribution is 2.32. The Hall–Kier alpha value is -4.89. The Kier molecular flexibility index (Phi) is 11.4. The molecule has 0 fully saturated rings. The number of alkyl halides is 3. The molecule has 1 heterocycles. The van der Waals surface area contributed by atoms with Gasteiger partial charge >= 0.3 is 6.18 Å². The van der Waals surface area contributed by atoms with Crippen molar-refractivity contribution in [3.8, 4) is 11.8 Å². The lowest BCUT2D eigenvalue weighted by atomic mass is 9.97. The minimum atomic E-state index is -4.56. The summed E-state index contributed by atoms with van der Waals surface area (Å²) in [5.74, 6) is -0.241. The van der Waals surface area contributed by atoms with Crippen molar-refractivity contribution < 1.29 is 23.1 Å². The number of thiocarbonyl (C=S) groups is 1. The van der Waals surface area contributed by atoms with Gasteiger partial charge in [0.15, 0.2) is 5.11 Å². The summed E-state index contributed by atoms with van der Waals surface area (Å²) >= 11 is 5.70. The van der Waals surface area contributed by atoms with Gasteiger partial charge in [-0.2, -0.15) is 18.4 Å². The third-order valence-electron chi connectivity index (χ3n) is 7.76. The highest BCUT2D eigenvalue weighted by Gasteiger charge is 2.34. The van der Waals surface area contributed by atoms with E-state index in [1.807, 2.05) is 30.5 Å². The maximum Gasteiger partial charge on any atom is 0.416 e. The van der Waals surface area contributed by atoms with Gasteiger partial charge in [0.1, 0.15) is 5.75 Å². The molecule has 0 saturated heterocycles. The van der Waals surface area contributed by atoms with E-state index in [-0.39, 0.29) is 47.8 Å². The Morgan fingerprint density at radius 2 is 1.80 bits per heavy atom. The van der Waals surface area contributed by atoms with Crippen molar-refractivity contribution in [2.24, 2.45) is 5.92 Å². The summed E-state index contributed by atoms with van der Waals surface area (Å²) in [6.07, 6.45) is -0.554. The number of carbonyl (C=O) groups is 1. The number of anilines is 1. The number of nitrogens with zero attached hydrogens (tertiary/aromatic N) is 4. The number of hydrogen-bond donors (Lipinski definition) is 3. The molecule has 1 aromatic heterocycles. The summed E-state index contributed by atoms with van der Waals surface area (Å²) in [7, 11) is 0. The highest BCUT2D eigenvalue weighted by atomic mass is 32.1. The largest absolute Gasteiger partial charge is 0.508 e. The summed E-state index contributed by atoms with van der Waals surface area (Å²) in [5, 5.41) is 25.1. The van der Waals surface area contributed by atoms with E-state index in [2.05, 4.69) is 21.7 Å². The molecule has 12 heteroatoms. The van der Waals surface area contributed by atoms with Crippen LogP contribution in [0.2, 0.25) is 0 Å². The topological polar surface area (TPSA) is 106 Å². The molecule has 240 valence electrons. The number of phenols is 1. The first kappa shape index (κ1) is 34.0. The summed E-state index contributed by atoms with van der Waals surface area (Å²) < 4.78 is 43.6. The second-order valence-electron chi connectivity index (χ2n) is 11.1. The predicted molar refractivity (Wildman–Crippen MR) is 174 cm³/mol. The average molecular weight is 649 g/mol. The van der Waals surface area contributed by atoms with Crippen LogP contribution in [0.3, 0.4) is 0 Å². The van der Waals surface area contributed by atoms with Gasteiger partial charge in [0.05, 0.1) is 29.9 Å². The fourth-order valence-electron chi connectivity index (χ4n) is 4.94. The number of nitrogens with one attached hydrogen (secondary N) is 2. The first-order valence-corrected chi connectivity index (χ1v) is 15.1. The normalized spacial score (nSPS) is 12.5.